The van der Waals surface area contributed by atoms with Crippen LogP contribution in [0.5, 0.6) is 0 Å². The van der Waals surface area contributed by atoms with Crippen LogP contribution in [0.15, 0.2) is 59.8 Å². The molecule has 0 unspecified atom stereocenters. The number of nitrogens with one attached hydrogen (secondary N) is 4. The van der Waals surface area contributed by atoms with Gasteiger partial charge in [-0.2, -0.15) is 5.10 Å². The predicted molar refractivity (Wildman–Crippen MR) is 105 cm³/mol. The van der Waals surface area contributed by atoms with Gasteiger partial charge in [0.05, 0.1) is 11.4 Å². The molecular formula is C16H16N6OS2. The van der Waals surface area contributed by atoms with Gasteiger partial charge in [0.1, 0.15) is 0 Å². The minimum Gasteiger partial charge on any atom is -0.298 e. The van der Waals surface area contributed by atoms with Crippen molar-refractivity contribution in [3.8, 4) is 0 Å². The maximum atomic E-state index is 11.9. The second kappa shape index (κ2) is 9.40. The van der Waals surface area contributed by atoms with Gasteiger partial charge in [0.15, 0.2) is 5.11 Å². The first kappa shape index (κ1) is 18.4. The Balaban J connectivity index is 1.76. The van der Waals surface area contributed by atoms with E-state index in [-0.39, 0.29) is 16.1 Å². The second-order valence-electron chi connectivity index (χ2n) is 4.75. The van der Waals surface area contributed by atoms with Gasteiger partial charge in [0.2, 0.25) is 5.11 Å². The third-order valence-corrected chi connectivity index (χ3v) is 3.31. The molecule has 1 heterocycles. The molecule has 0 aliphatic heterocycles. The van der Waals surface area contributed by atoms with Gasteiger partial charge in [-0.3, -0.25) is 31.4 Å². The van der Waals surface area contributed by atoms with Crippen molar-refractivity contribution in [2.24, 2.45) is 5.10 Å². The summed E-state index contributed by atoms with van der Waals surface area (Å²) in [5.41, 5.74) is 9.80. The average molecular weight is 372 g/mol. The first-order valence-electron chi connectivity index (χ1n) is 7.24. The minimum atomic E-state index is -0.317. The van der Waals surface area contributed by atoms with E-state index in [2.05, 4.69) is 31.7 Å². The quantitative estimate of drug-likeness (QED) is 0.369. The summed E-state index contributed by atoms with van der Waals surface area (Å²) in [4.78, 5) is 16.1. The Bertz CT molecular complexity index is 780. The van der Waals surface area contributed by atoms with Gasteiger partial charge in [-0.25, -0.2) is 0 Å². The maximum absolute atomic E-state index is 11.9. The number of hydrazone groups is 1. The molecule has 1 aromatic carbocycles. The number of hydrogen-bond acceptors (Lipinski definition) is 5. The zero-order valence-electron chi connectivity index (χ0n) is 13.3. The molecule has 1 aromatic heterocycles. The Labute approximate surface area is 155 Å². The zero-order chi connectivity index (χ0) is 18.1. The summed E-state index contributed by atoms with van der Waals surface area (Å²) in [5.74, 6) is -0.317. The summed E-state index contributed by atoms with van der Waals surface area (Å²) in [5, 5.41) is 6.91. The van der Waals surface area contributed by atoms with Crippen LogP contribution in [0, 0.1) is 0 Å². The normalized spacial score (nSPS) is 10.5. The molecule has 0 fully saturated rings. The van der Waals surface area contributed by atoms with Gasteiger partial charge in [-0.15, -0.1) is 0 Å². The zero-order valence-corrected chi connectivity index (χ0v) is 14.9. The molecule has 0 radical (unpaired) electrons. The van der Waals surface area contributed by atoms with E-state index in [0.29, 0.717) is 11.3 Å². The molecule has 0 aliphatic rings. The van der Waals surface area contributed by atoms with Crippen LogP contribution in [0.25, 0.3) is 0 Å². The Morgan fingerprint density at radius 2 is 1.68 bits per heavy atom. The second-order valence-corrected chi connectivity index (χ2v) is 5.57. The number of thiocarbonyl (C=S) groups is 2. The van der Waals surface area contributed by atoms with Crippen molar-refractivity contribution in [2.45, 2.75) is 6.92 Å². The Kier molecular flexibility index (Phi) is 6.93. The molecule has 25 heavy (non-hydrogen) atoms. The lowest BCUT2D eigenvalue weighted by molar-refractivity contribution is 0.0976. The number of hydrogen-bond donors (Lipinski definition) is 4. The van der Waals surface area contributed by atoms with Crippen molar-refractivity contribution in [3.63, 3.8) is 0 Å². The van der Waals surface area contributed by atoms with E-state index in [4.69, 9.17) is 24.4 Å². The molecule has 0 atom stereocenters. The molecule has 128 valence electrons. The molecular weight excluding hydrogens is 356 g/mol. The SMILES string of the molecule is CC(=NNC(=S)NNC(=S)NC(=O)c1ccccc1)c1ccccn1. The van der Waals surface area contributed by atoms with E-state index in [1.165, 1.54) is 0 Å². The summed E-state index contributed by atoms with van der Waals surface area (Å²) in [6.07, 6.45) is 1.68. The molecule has 7 nitrogen and oxygen atoms in total. The highest BCUT2D eigenvalue weighted by molar-refractivity contribution is 7.80. The topological polar surface area (TPSA) is 90.4 Å². The number of carbonyl (C=O) groups excluding carboxylic acids is 1. The lowest BCUT2D eigenvalue weighted by Crippen LogP contribution is -2.50. The van der Waals surface area contributed by atoms with Crippen LogP contribution in [0.2, 0.25) is 0 Å². The standard InChI is InChI=1S/C16H16N6OS2/c1-11(13-9-5-6-10-17-13)19-21-16(25)22-20-15(24)18-14(23)12-7-3-2-4-8-12/h2-10H,1H3,(H2,21,22,25)(H2,18,20,23,24). The van der Waals surface area contributed by atoms with Crippen LogP contribution in [-0.4, -0.2) is 26.8 Å². The highest BCUT2D eigenvalue weighted by Gasteiger charge is 2.06. The number of benzene rings is 1. The Morgan fingerprint density at radius 1 is 1.00 bits per heavy atom. The fourth-order valence-electron chi connectivity index (χ4n) is 1.71. The Hall–Kier alpha value is -2.91. The lowest BCUT2D eigenvalue weighted by Gasteiger charge is -2.12. The van der Waals surface area contributed by atoms with Crippen molar-refractivity contribution < 1.29 is 4.79 Å². The van der Waals surface area contributed by atoms with Crippen LogP contribution in [0.4, 0.5) is 0 Å². The predicted octanol–water partition coefficient (Wildman–Crippen LogP) is 1.49. The molecule has 0 saturated heterocycles. The van der Waals surface area contributed by atoms with E-state index in [1.807, 2.05) is 24.3 Å². The summed E-state index contributed by atoms with van der Waals surface area (Å²) in [7, 11) is 0. The molecule has 9 heteroatoms. The molecule has 0 aliphatic carbocycles. The molecule has 1 amide bonds. The summed E-state index contributed by atoms with van der Waals surface area (Å²) >= 11 is 10.1. The van der Waals surface area contributed by atoms with Crippen LogP contribution >= 0.6 is 24.4 Å². The van der Waals surface area contributed by atoms with E-state index in [1.54, 1.807) is 37.4 Å². The summed E-state index contributed by atoms with van der Waals surface area (Å²) in [6.45, 7) is 1.80. The highest BCUT2D eigenvalue weighted by atomic mass is 32.1. The molecule has 0 bridgehead atoms. The number of pyridine rings is 1. The molecule has 0 spiro atoms. The largest absolute Gasteiger partial charge is 0.298 e. The number of carbonyl (C=O) groups is 1. The van der Waals surface area contributed by atoms with Crippen molar-refractivity contribution >= 4 is 46.3 Å². The number of hydrazine groups is 1. The highest BCUT2D eigenvalue weighted by Crippen LogP contribution is 1.97. The fourth-order valence-corrected chi connectivity index (χ4v) is 1.95. The average Bonchev–Trinajstić information content (AvgIpc) is 2.65. The number of aromatic nitrogens is 1. The minimum absolute atomic E-state index is 0.0865. The van der Waals surface area contributed by atoms with Crippen LogP contribution < -0.4 is 21.6 Å². The molecule has 4 N–H and O–H groups in total. The third kappa shape index (κ3) is 6.24. The third-order valence-electron chi connectivity index (χ3n) is 2.91. The van der Waals surface area contributed by atoms with E-state index >= 15 is 0 Å². The van der Waals surface area contributed by atoms with Gasteiger partial charge in [-0.1, -0.05) is 24.3 Å². The van der Waals surface area contributed by atoms with Crippen molar-refractivity contribution in [2.75, 3.05) is 0 Å². The van der Waals surface area contributed by atoms with E-state index in [0.717, 1.165) is 5.69 Å². The fraction of sp³-hybridized carbons (Fsp3) is 0.0625. The van der Waals surface area contributed by atoms with Gasteiger partial charge in [-0.05, 0) is 55.6 Å². The number of nitrogens with zero attached hydrogens (tertiary/aromatic N) is 2. The van der Waals surface area contributed by atoms with Crippen LogP contribution in [0.1, 0.15) is 23.0 Å². The number of amides is 1. The molecule has 2 rings (SSSR count). The van der Waals surface area contributed by atoms with E-state index < -0.39 is 0 Å². The number of rotatable bonds is 3. The smallest absolute Gasteiger partial charge is 0.257 e. The van der Waals surface area contributed by atoms with Gasteiger partial charge >= 0.3 is 0 Å². The van der Waals surface area contributed by atoms with Gasteiger partial charge < -0.3 is 0 Å². The monoisotopic (exact) mass is 372 g/mol. The maximum Gasteiger partial charge on any atom is 0.257 e. The molecule has 0 saturated carbocycles. The first-order chi connectivity index (χ1) is 12.1. The Morgan fingerprint density at radius 3 is 2.36 bits per heavy atom. The lowest BCUT2D eigenvalue weighted by atomic mass is 10.2. The summed E-state index contributed by atoms with van der Waals surface area (Å²) < 4.78 is 0. The van der Waals surface area contributed by atoms with Crippen LogP contribution in [-0.2, 0) is 0 Å². The van der Waals surface area contributed by atoms with Crippen molar-refractivity contribution in [1.29, 1.82) is 0 Å². The van der Waals surface area contributed by atoms with Gasteiger partial charge in [0.25, 0.3) is 5.91 Å². The van der Waals surface area contributed by atoms with Crippen molar-refractivity contribution in [3.05, 3.63) is 66.0 Å². The molecule has 2 aromatic rings. The van der Waals surface area contributed by atoms with E-state index in [9.17, 15) is 4.79 Å². The van der Waals surface area contributed by atoms with Crippen LogP contribution in [0.3, 0.4) is 0 Å². The summed E-state index contributed by atoms with van der Waals surface area (Å²) in [6, 6.07) is 14.3. The van der Waals surface area contributed by atoms with Gasteiger partial charge in [0, 0.05) is 11.8 Å². The first-order valence-corrected chi connectivity index (χ1v) is 8.06. The van der Waals surface area contributed by atoms with Crippen molar-refractivity contribution in [1.82, 2.24) is 26.6 Å².